The summed E-state index contributed by atoms with van der Waals surface area (Å²) in [5.41, 5.74) is 34.5. The molecule has 3 aliphatic carbocycles. The van der Waals surface area contributed by atoms with Crippen LogP contribution in [0.1, 0.15) is 189 Å². The van der Waals surface area contributed by atoms with Crippen molar-refractivity contribution in [1.29, 1.82) is 10.5 Å². The van der Waals surface area contributed by atoms with Crippen LogP contribution in [0, 0.1) is 124 Å². The van der Waals surface area contributed by atoms with Crippen molar-refractivity contribution < 1.29 is 91.2 Å². The third-order valence-electron chi connectivity index (χ3n) is 26.7. The number of halogens is 11. The van der Waals surface area contributed by atoms with E-state index >= 15 is 0 Å². The van der Waals surface area contributed by atoms with E-state index in [2.05, 4.69) is 82.8 Å². The molecule has 8 aromatic heterocycles. The standard InChI is InChI=1S/2C29H29F3N4O2.C26H26F3N5O3.C24H26F2N4O2S/c2*1-16-10-22(31)27(23(32)11-16)28-21(30)4-5-25(36-28)26(37)14-19-15-35-8-6-20(19)18-12-17(2)29(24(34)13-18)38-9-3-7-33;1-14-12-34(13-19(30)24(14)33-26(36)37-2)21-8-9-31-11-15(21)10-22(35)20-7-6-18(29)25(32-20)23-16(27)4-3-5-17(23)28;1-12-8-13(9-18(27)22(12)32-2)15-6-7-29-11-14(15)10-19(31)21-23(28)33-24(30-21)20-16(25)4-3-5-17(20)26/h2*4-6,8,10-11,15,17-18,24,29H,3,9,12-14,34H2,1-2H3;3-9,11,14,19,24H,10,12-13,30H2,1-2H3,(H,33,36);3-7,11-13,18,22H,8-10,27-28H2,1-2H3/t2*17-,18+,24+,29-;14-,19+,24-;12-,13+,18+,22-/m1000/s1. The van der Waals surface area contributed by atoms with E-state index in [0.717, 1.165) is 138 Å². The number of piperidine rings is 1. The molecule has 11 N–H and O–H groups in total. The Bertz CT molecular complexity index is 6500. The lowest BCUT2D eigenvalue weighted by Crippen LogP contribution is -2.62. The van der Waals surface area contributed by atoms with Gasteiger partial charge in [-0.15, -0.1) is 0 Å². The number of methoxy groups -OCH3 is 2. The molecule has 0 spiro atoms. The number of ketones is 4. The Morgan fingerprint density at radius 2 is 0.781 bits per heavy atom. The number of hydrogen-bond acceptors (Lipinski definition) is 26. The quantitative estimate of drug-likeness (QED) is 0.0151. The van der Waals surface area contributed by atoms with Crippen molar-refractivity contribution >= 4 is 51.3 Å². The Balaban J connectivity index is 0.000000163. The maximum atomic E-state index is 14.6. The number of aryl methyl sites for hydroxylation is 2. The minimum Gasteiger partial charge on any atom is -0.453 e. The first-order valence-corrected chi connectivity index (χ1v) is 48.2. The fourth-order valence-electron chi connectivity index (χ4n) is 20.0. The number of aromatic nitrogens is 8. The third-order valence-corrected chi connectivity index (χ3v) is 27.6. The number of benzene rings is 4. The van der Waals surface area contributed by atoms with E-state index in [0.29, 0.717) is 79.8 Å². The summed E-state index contributed by atoms with van der Waals surface area (Å²) >= 11 is 0.890. The maximum Gasteiger partial charge on any atom is 0.407 e. The smallest absolute Gasteiger partial charge is 0.407 e. The SMILES string of the molecule is COC(=O)N[C@@H]1[C@H](N)CN(c2ccncc2CC(=O)c2ccc(F)c(-c3c(F)cccc3F)n2)C[C@@H]1C.CO[C@@H]1[C@H](N)C[C@H](c2ccncc2CC(=O)c2nc(-c3c(F)cccc3F)sc2N)C[C@@H]1C.Cc1cc(F)c(-c2nc(C(=O)Cc3cnccc3[C@H]3C[C@@H](C)[C@@H](OCCC#N)[C@@H](N)C3)ccc2F)c(F)c1.Cc1cc(F)c(-c2nc(C(=O)Cc3cnccc3[C@H]3C[C@@H](N)[C@@H](OCCC#N)[C@@H](C)C3)ccc2F)c(F)c1. The van der Waals surface area contributed by atoms with Crippen molar-refractivity contribution in [2.24, 2.45) is 46.6 Å². The average molecular weight is 2030 g/mol. The first-order chi connectivity index (χ1) is 69.9. The minimum absolute atomic E-state index is 0.000160. The Morgan fingerprint density at radius 1 is 0.425 bits per heavy atom. The molecule has 0 bridgehead atoms. The highest BCUT2D eigenvalue weighted by Gasteiger charge is 2.41. The molecule has 1 amide bonds. The van der Waals surface area contributed by atoms with Gasteiger partial charge in [0.15, 0.2) is 23.1 Å². The van der Waals surface area contributed by atoms with E-state index < -0.39 is 127 Å². The molecule has 4 aromatic carbocycles. The third kappa shape index (κ3) is 26.3. The van der Waals surface area contributed by atoms with Crippen molar-refractivity contribution in [3.05, 3.63) is 308 Å². The molecule has 764 valence electrons. The number of nitrogens with zero attached hydrogens (tertiary/aromatic N) is 11. The Kier molecular flexibility index (Phi) is 37.2. The molecule has 4 fully saturated rings. The Labute approximate surface area is 840 Å². The second kappa shape index (κ2) is 49.8. The van der Waals surface area contributed by atoms with Gasteiger partial charge in [0.05, 0.1) is 91.9 Å². The molecule has 146 heavy (non-hydrogen) atoms. The van der Waals surface area contributed by atoms with Crippen molar-refractivity contribution in [2.45, 2.75) is 185 Å². The van der Waals surface area contributed by atoms with Crippen LogP contribution < -0.4 is 38.9 Å². The zero-order valence-electron chi connectivity index (χ0n) is 81.2. The van der Waals surface area contributed by atoms with Gasteiger partial charge in [0, 0.05) is 131 Å². The number of anilines is 2. The number of hydrogen-bond donors (Lipinski definition) is 6. The van der Waals surface area contributed by atoms with Gasteiger partial charge in [0.25, 0.3) is 0 Å². The molecule has 1 saturated heterocycles. The molecule has 3 saturated carbocycles. The zero-order chi connectivity index (χ0) is 105. The summed E-state index contributed by atoms with van der Waals surface area (Å²) in [5, 5.41) is 20.5. The number of nitrogens with two attached hydrogens (primary N) is 5. The molecule has 0 radical (unpaired) electrons. The van der Waals surface area contributed by atoms with Gasteiger partial charge in [0.1, 0.15) is 114 Å². The summed E-state index contributed by atoms with van der Waals surface area (Å²) in [6.07, 6.45) is 17.0. The molecule has 16 rings (SSSR count). The van der Waals surface area contributed by atoms with Gasteiger partial charge in [0.2, 0.25) is 0 Å². The summed E-state index contributed by atoms with van der Waals surface area (Å²) in [6, 6.07) is 27.9. The van der Waals surface area contributed by atoms with E-state index in [9.17, 15) is 72.3 Å². The van der Waals surface area contributed by atoms with Crippen molar-refractivity contribution in [3.8, 4) is 56.5 Å². The first kappa shape index (κ1) is 109. The lowest BCUT2D eigenvalue weighted by Gasteiger charge is -2.42. The average Bonchev–Trinajstić information content (AvgIpc) is 1.04. The normalized spacial score (nSPS) is 21.1. The summed E-state index contributed by atoms with van der Waals surface area (Å²) in [5.74, 6) is -11.0. The van der Waals surface area contributed by atoms with Crippen molar-refractivity contribution in [3.63, 3.8) is 0 Å². The van der Waals surface area contributed by atoms with Crippen LogP contribution in [0.25, 0.3) is 44.3 Å². The number of thiazole rings is 1. The second-order valence-corrected chi connectivity index (χ2v) is 38.2. The Morgan fingerprint density at radius 3 is 1.15 bits per heavy atom. The highest BCUT2D eigenvalue weighted by molar-refractivity contribution is 7.19. The van der Waals surface area contributed by atoms with Crippen LogP contribution in [0.15, 0.2) is 171 Å². The van der Waals surface area contributed by atoms with Crippen molar-refractivity contribution in [2.75, 3.05) is 51.2 Å². The maximum absolute atomic E-state index is 14.6. The number of amides is 1. The molecule has 26 nitrogen and oxygen atoms in total. The molecule has 9 heterocycles. The number of Topliss-reactive ketones (excluding diaryl/α,β-unsaturated/α-hetero) is 4. The molecule has 15 atom stereocenters. The fraction of sp³-hybridized carbons (Fsp3) is 0.361. The van der Waals surface area contributed by atoms with Crippen LogP contribution >= 0.6 is 11.3 Å². The van der Waals surface area contributed by atoms with Gasteiger partial charge in [-0.25, -0.2) is 73.0 Å². The summed E-state index contributed by atoms with van der Waals surface area (Å²) in [6.45, 7) is 12.8. The summed E-state index contributed by atoms with van der Waals surface area (Å²) in [4.78, 5) is 99.3. The molecule has 4 aliphatic rings. The largest absolute Gasteiger partial charge is 0.453 e. The van der Waals surface area contributed by atoms with E-state index in [4.69, 9.17) is 53.4 Å². The summed E-state index contributed by atoms with van der Waals surface area (Å²) in [7, 11) is 2.96. The topological polar surface area (TPSA) is 418 Å². The van der Waals surface area contributed by atoms with Gasteiger partial charge in [-0.3, -0.25) is 39.1 Å². The predicted octanol–water partition coefficient (Wildman–Crippen LogP) is 18.7. The molecule has 0 unspecified atom stereocenters. The second-order valence-electron chi connectivity index (χ2n) is 37.2. The first-order valence-electron chi connectivity index (χ1n) is 47.4. The Hall–Kier alpha value is -14.0. The van der Waals surface area contributed by atoms with Crippen molar-refractivity contribution in [1.82, 2.24) is 45.2 Å². The number of pyridine rings is 7. The van der Waals surface area contributed by atoms with Crippen LogP contribution in [-0.2, 0) is 44.6 Å². The van der Waals surface area contributed by atoms with Crippen LogP contribution in [0.4, 0.5) is 63.8 Å². The van der Waals surface area contributed by atoms with Crippen LogP contribution in [0.5, 0.6) is 0 Å². The van der Waals surface area contributed by atoms with E-state index in [1.54, 1.807) is 62.8 Å². The van der Waals surface area contributed by atoms with E-state index in [-0.39, 0.29) is 154 Å². The number of nitriles is 2. The molecule has 12 aromatic rings. The minimum atomic E-state index is -0.985. The van der Waals surface area contributed by atoms with Crippen LogP contribution in [-0.4, -0.2) is 158 Å². The lowest BCUT2D eigenvalue weighted by atomic mass is 9.73. The molecule has 38 heteroatoms. The van der Waals surface area contributed by atoms with Crippen LogP contribution in [0.3, 0.4) is 0 Å². The number of ether oxygens (including phenoxy) is 4. The van der Waals surface area contributed by atoms with Gasteiger partial charge in [-0.1, -0.05) is 51.2 Å². The van der Waals surface area contributed by atoms with E-state index in [1.807, 2.05) is 30.0 Å². The lowest BCUT2D eigenvalue weighted by molar-refractivity contribution is -0.0200. The highest BCUT2D eigenvalue weighted by atomic mass is 32.1. The van der Waals surface area contributed by atoms with Gasteiger partial charge in [-0.2, -0.15) is 10.5 Å². The molecular weight excluding hydrogens is 1920 g/mol. The number of rotatable bonds is 28. The number of carbonyl (C=O) groups excluding carboxylic acids is 5. The van der Waals surface area contributed by atoms with Gasteiger partial charge in [-0.05, 0) is 247 Å². The van der Waals surface area contributed by atoms with Gasteiger partial charge >= 0.3 is 6.09 Å². The van der Waals surface area contributed by atoms with Gasteiger partial charge < -0.3 is 57.8 Å². The highest BCUT2D eigenvalue weighted by Crippen LogP contribution is 2.45. The van der Waals surface area contributed by atoms with Crippen LogP contribution in [0.2, 0.25) is 0 Å². The summed E-state index contributed by atoms with van der Waals surface area (Å²) < 4.78 is 180. The predicted molar refractivity (Wildman–Crippen MR) is 526 cm³/mol. The molecular formula is C108H110F11N17O9S. The molecule has 1 aliphatic heterocycles. The zero-order valence-corrected chi connectivity index (χ0v) is 82.0. The number of carbonyl (C=O) groups is 5. The fourth-order valence-corrected chi connectivity index (χ4v) is 20.9. The number of alkyl carbamates (subject to hydrolysis) is 1. The monoisotopic (exact) mass is 2030 g/mol. The number of nitrogen functional groups attached to an aromatic ring is 1. The number of nitrogens with one attached hydrogen (secondary N) is 1. The van der Waals surface area contributed by atoms with E-state index in [1.165, 1.54) is 45.2 Å².